The minimum absolute atomic E-state index is 0.0355. The Balaban J connectivity index is 1.78. The van der Waals surface area contributed by atoms with Gasteiger partial charge in [0.15, 0.2) is 5.78 Å². The predicted molar refractivity (Wildman–Crippen MR) is 149 cm³/mol. The number of aromatic amines is 1. The molecule has 5 nitrogen and oxygen atoms in total. The van der Waals surface area contributed by atoms with E-state index in [1.54, 1.807) is 18.3 Å². The Morgan fingerprint density at radius 3 is 2.36 bits per heavy atom. The third-order valence-electron chi connectivity index (χ3n) is 6.01. The second kappa shape index (κ2) is 9.11. The molecule has 0 bridgehead atoms. The van der Waals surface area contributed by atoms with Crippen LogP contribution in [0, 0.1) is 13.8 Å². The van der Waals surface area contributed by atoms with E-state index in [9.17, 15) is 4.79 Å². The van der Waals surface area contributed by atoms with Gasteiger partial charge in [-0.3, -0.25) is 4.79 Å². The summed E-state index contributed by atoms with van der Waals surface area (Å²) in [7, 11) is 0. The fraction of sp³-hybridized carbons (Fsp3) is 0.276. The SMILES string of the molecule is CC(=O)[C@@H](OC(C)(C)C)c1c(C)cc2nc(-c3ccc4[nH]c(C)nc4c3)sc2c1-c1ccc(Cl)cc1. The fourth-order valence-corrected chi connectivity index (χ4v) is 5.79. The van der Waals surface area contributed by atoms with Crippen LogP contribution in [0.15, 0.2) is 48.5 Å². The number of ketones is 1. The number of Topliss-reactive ketones (excluding diaryl/α,β-unsaturated/α-hetero) is 1. The standard InChI is InChI=1S/C29H28ClN3O2S/c1-15-13-23-27(36-28(33-23)19-9-12-21-22(14-19)32-17(3)31-21)25(18-7-10-20(30)11-8-18)24(15)26(16(2)34)35-29(4,5)6/h7-14,26H,1-6H3,(H,31,32)/t26-/m1/s1. The number of aryl methyl sites for hydroxylation is 2. The molecule has 0 spiro atoms. The number of rotatable bonds is 5. The highest BCUT2D eigenvalue weighted by Crippen LogP contribution is 2.44. The molecule has 36 heavy (non-hydrogen) atoms. The molecule has 1 N–H and O–H groups in total. The van der Waals surface area contributed by atoms with Gasteiger partial charge in [-0.15, -0.1) is 11.3 Å². The van der Waals surface area contributed by atoms with Gasteiger partial charge in [-0.25, -0.2) is 9.97 Å². The number of nitrogens with one attached hydrogen (secondary N) is 1. The van der Waals surface area contributed by atoms with Crippen LogP contribution in [0.2, 0.25) is 5.02 Å². The summed E-state index contributed by atoms with van der Waals surface area (Å²) >= 11 is 7.84. The van der Waals surface area contributed by atoms with E-state index in [1.165, 1.54) is 0 Å². The topological polar surface area (TPSA) is 67.9 Å². The third kappa shape index (κ3) is 4.69. The molecular weight excluding hydrogens is 490 g/mol. The Hall–Kier alpha value is -3.06. The number of halogens is 1. The number of carbonyl (C=O) groups is 1. The Bertz CT molecular complexity index is 1610. The van der Waals surface area contributed by atoms with Crippen molar-refractivity contribution in [3.8, 4) is 21.7 Å². The summed E-state index contributed by atoms with van der Waals surface area (Å²) in [6.07, 6.45) is -0.700. The highest BCUT2D eigenvalue weighted by molar-refractivity contribution is 7.22. The fourth-order valence-electron chi connectivity index (χ4n) is 4.54. The summed E-state index contributed by atoms with van der Waals surface area (Å²) in [6, 6.07) is 16.0. The first-order chi connectivity index (χ1) is 17.0. The number of nitrogens with zero attached hydrogens (tertiary/aromatic N) is 2. The number of imidazole rings is 1. The Morgan fingerprint density at radius 2 is 1.69 bits per heavy atom. The van der Waals surface area contributed by atoms with Gasteiger partial charge in [0, 0.05) is 21.7 Å². The van der Waals surface area contributed by atoms with Gasteiger partial charge in [-0.1, -0.05) is 23.7 Å². The van der Waals surface area contributed by atoms with Gasteiger partial charge in [-0.05, 0) is 89.1 Å². The summed E-state index contributed by atoms with van der Waals surface area (Å²) in [4.78, 5) is 25.8. The maximum Gasteiger partial charge on any atom is 0.163 e. The highest BCUT2D eigenvalue weighted by Gasteiger charge is 2.30. The van der Waals surface area contributed by atoms with Crippen molar-refractivity contribution in [1.29, 1.82) is 0 Å². The number of aromatic nitrogens is 3. The van der Waals surface area contributed by atoms with E-state index >= 15 is 0 Å². The van der Waals surface area contributed by atoms with E-state index in [0.717, 1.165) is 59.9 Å². The van der Waals surface area contributed by atoms with Crippen molar-refractivity contribution >= 4 is 50.0 Å². The second-order valence-corrected chi connectivity index (χ2v) is 11.6. The van der Waals surface area contributed by atoms with Crippen molar-refractivity contribution in [2.24, 2.45) is 0 Å². The number of carbonyl (C=O) groups excluding carboxylic acids is 1. The molecule has 0 aliphatic heterocycles. The summed E-state index contributed by atoms with van der Waals surface area (Å²) in [6.45, 7) is 11.5. The number of fused-ring (bicyclic) bond motifs is 2. The van der Waals surface area contributed by atoms with Crippen molar-refractivity contribution < 1.29 is 9.53 Å². The lowest BCUT2D eigenvalue weighted by molar-refractivity contribution is -0.138. The maximum atomic E-state index is 12.9. The van der Waals surface area contributed by atoms with Crippen LogP contribution in [-0.4, -0.2) is 26.3 Å². The Morgan fingerprint density at radius 1 is 1.00 bits per heavy atom. The largest absolute Gasteiger partial charge is 0.360 e. The van der Waals surface area contributed by atoms with Gasteiger partial charge in [0.05, 0.1) is 26.9 Å². The number of ether oxygens (including phenoxy) is 1. The zero-order valence-electron chi connectivity index (χ0n) is 21.2. The molecule has 3 aromatic carbocycles. The van der Waals surface area contributed by atoms with Crippen molar-refractivity contribution in [2.45, 2.75) is 53.2 Å². The molecule has 0 aliphatic carbocycles. The number of hydrogen-bond donors (Lipinski definition) is 1. The van der Waals surface area contributed by atoms with Crippen molar-refractivity contribution in [3.05, 3.63) is 70.5 Å². The number of thiazole rings is 1. The van der Waals surface area contributed by atoms with Gasteiger partial charge >= 0.3 is 0 Å². The monoisotopic (exact) mass is 517 g/mol. The van der Waals surface area contributed by atoms with Crippen molar-refractivity contribution in [2.75, 3.05) is 0 Å². The lowest BCUT2D eigenvalue weighted by Crippen LogP contribution is -2.27. The Kier molecular flexibility index (Phi) is 6.23. The van der Waals surface area contributed by atoms with E-state index in [0.29, 0.717) is 5.02 Å². The van der Waals surface area contributed by atoms with Crippen LogP contribution < -0.4 is 0 Å². The number of hydrogen-bond acceptors (Lipinski definition) is 5. The molecule has 184 valence electrons. The molecule has 5 rings (SSSR count). The second-order valence-electron chi connectivity index (χ2n) is 10.1. The molecule has 2 heterocycles. The van der Waals surface area contributed by atoms with Gasteiger partial charge in [0.1, 0.15) is 16.9 Å². The number of H-pyrrole nitrogens is 1. The van der Waals surface area contributed by atoms with E-state index in [2.05, 4.69) is 28.2 Å². The van der Waals surface area contributed by atoms with Crippen LogP contribution in [0.3, 0.4) is 0 Å². The molecule has 0 amide bonds. The van der Waals surface area contributed by atoms with E-state index in [-0.39, 0.29) is 5.78 Å². The molecule has 0 saturated heterocycles. The van der Waals surface area contributed by atoms with E-state index < -0.39 is 11.7 Å². The summed E-state index contributed by atoms with van der Waals surface area (Å²) in [5.41, 5.74) is 7.09. The highest BCUT2D eigenvalue weighted by atomic mass is 35.5. The van der Waals surface area contributed by atoms with Crippen LogP contribution in [-0.2, 0) is 9.53 Å². The van der Waals surface area contributed by atoms with E-state index in [4.69, 9.17) is 21.3 Å². The Labute approximate surface area is 219 Å². The van der Waals surface area contributed by atoms with Crippen LogP contribution in [0.5, 0.6) is 0 Å². The molecule has 0 saturated carbocycles. The summed E-state index contributed by atoms with van der Waals surface area (Å²) < 4.78 is 7.35. The molecule has 1 atom stereocenters. The van der Waals surface area contributed by atoms with Crippen LogP contribution in [0.25, 0.3) is 42.9 Å². The molecule has 0 fully saturated rings. The zero-order chi connectivity index (χ0) is 25.8. The average molecular weight is 518 g/mol. The first-order valence-electron chi connectivity index (χ1n) is 11.8. The molecule has 7 heteroatoms. The number of benzene rings is 3. The minimum atomic E-state index is -0.700. The molecule has 0 radical (unpaired) electrons. The molecule has 5 aromatic rings. The third-order valence-corrected chi connectivity index (χ3v) is 7.40. The molecule has 2 aromatic heterocycles. The molecule has 0 aliphatic rings. The van der Waals surface area contributed by atoms with Crippen LogP contribution >= 0.6 is 22.9 Å². The molecule has 0 unspecified atom stereocenters. The maximum absolute atomic E-state index is 12.9. The smallest absolute Gasteiger partial charge is 0.163 e. The van der Waals surface area contributed by atoms with Crippen LogP contribution in [0.4, 0.5) is 0 Å². The average Bonchev–Trinajstić information content (AvgIpc) is 3.38. The molecular formula is C29H28ClN3O2S. The normalized spacial score (nSPS) is 13.0. The first-order valence-corrected chi connectivity index (χ1v) is 13.0. The lowest BCUT2D eigenvalue weighted by atomic mass is 9.90. The lowest BCUT2D eigenvalue weighted by Gasteiger charge is -2.29. The van der Waals surface area contributed by atoms with E-state index in [1.807, 2.05) is 65.0 Å². The predicted octanol–water partition coefficient (Wildman–Crippen LogP) is 8.22. The van der Waals surface area contributed by atoms with Crippen molar-refractivity contribution in [1.82, 2.24) is 15.0 Å². The van der Waals surface area contributed by atoms with Gasteiger partial charge < -0.3 is 9.72 Å². The van der Waals surface area contributed by atoms with Gasteiger partial charge in [0.25, 0.3) is 0 Å². The first kappa shape index (κ1) is 24.6. The summed E-state index contributed by atoms with van der Waals surface area (Å²) in [5.74, 6) is 0.845. The van der Waals surface area contributed by atoms with Gasteiger partial charge in [-0.2, -0.15) is 0 Å². The van der Waals surface area contributed by atoms with Crippen molar-refractivity contribution in [3.63, 3.8) is 0 Å². The zero-order valence-corrected chi connectivity index (χ0v) is 22.8. The van der Waals surface area contributed by atoms with Crippen LogP contribution in [0.1, 0.15) is 50.8 Å². The summed E-state index contributed by atoms with van der Waals surface area (Å²) in [5, 5.41) is 1.56. The quantitative estimate of drug-likeness (QED) is 0.255. The van der Waals surface area contributed by atoms with Gasteiger partial charge in [0.2, 0.25) is 0 Å². The minimum Gasteiger partial charge on any atom is -0.360 e.